The summed E-state index contributed by atoms with van der Waals surface area (Å²) < 4.78 is 9.92. The molecule has 0 aliphatic carbocycles. The topological polar surface area (TPSA) is 169 Å². The number of hydrogen-bond donors (Lipinski definition) is 4. The average Bonchev–Trinajstić information content (AvgIpc) is 3.44. The molecule has 0 aliphatic heterocycles. The molecule has 3 aromatic heterocycles. The zero-order chi connectivity index (χ0) is 25.4. The summed E-state index contributed by atoms with van der Waals surface area (Å²) in [7, 11) is 0. The molecule has 35 heavy (non-hydrogen) atoms. The van der Waals surface area contributed by atoms with Crippen LogP contribution >= 0.6 is 11.3 Å². The van der Waals surface area contributed by atoms with Crippen molar-refractivity contribution in [3.05, 3.63) is 44.0 Å². The van der Waals surface area contributed by atoms with Crippen molar-refractivity contribution in [3.8, 4) is 0 Å². The lowest BCUT2D eigenvalue weighted by Crippen LogP contribution is -2.42. The first-order valence-electron chi connectivity index (χ1n) is 11.4. The molecule has 0 radical (unpaired) electrons. The van der Waals surface area contributed by atoms with Crippen LogP contribution in [-0.4, -0.2) is 52.1 Å². The van der Waals surface area contributed by atoms with Gasteiger partial charge in [0.25, 0.3) is 11.5 Å². The van der Waals surface area contributed by atoms with Gasteiger partial charge in [-0.25, -0.2) is 4.79 Å². The molecule has 3 heterocycles. The first-order valence-corrected chi connectivity index (χ1v) is 12.2. The Kier molecular flexibility index (Phi) is 9.01. The number of aromatic amines is 2. The van der Waals surface area contributed by atoms with Gasteiger partial charge in [-0.2, -0.15) is 4.98 Å². The number of anilines is 1. The molecule has 0 saturated carbocycles. The van der Waals surface area contributed by atoms with Gasteiger partial charge in [0, 0.05) is 17.5 Å². The number of fused-ring (bicyclic) bond motifs is 1. The van der Waals surface area contributed by atoms with Crippen LogP contribution in [0, 0.1) is 0 Å². The first-order chi connectivity index (χ1) is 16.8. The summed E-state index contributed by atoms with van der Waals surface area (Å²) in [6.07, 6.45) is 3.94. The Balaban J connectivity index is 1.57. The van der Waals surface area contributed by atoms with E-state index in [0.29, 0.717) is 28.8 Å². The van der Waals surface area contributed by atoms with Crippen LogP contribution in [0.1, 0.15) is 53.2 Å². The Bertz CT molecular complexity index is 1250. The number of nitrogen functional groups attached to an aromatic ring is 1. The number of rotatable bonds is 12. The number of esters is 2. The van der Waals surface area contributed by atoms with E-state index in [2.05, 4.69) is 20.3 Å². The van der Waals surface area contributed by atoms with Crippen LogP contribution in [0.25, 0.3) is 11.0 Å². The molecular formula is C23H29N5O6S. The van der Waals surface area contributed by atoms with E-state index < -0.39 is 23.9 Å². The number of nitrogens with zero attached hydrogens (tertiary/aromatic N) is 1. The maximum Gasteiger partial charge on any atom is 0.328 e. The minimum atomic E-state index is -0.944. The van der Waals surface area contributed by atoms with Gasteiger partial charge in [-0.1, -0.05) is 0 Å². The smallest absolute Gasteiger partial charge is 0.328 e. The Morgan fingerprint density at radius 2 is 1.94 bits per heavy atom. The van der Waals surface area contributed by atoms with Crippen molar-refractivity contribution in [2.45, 2.75) is 52.0 Å². The Morgan fingerprint density at radius 1 is 1.17 bits per heavy atom. The normalized spacial score (nSPS) is 11.8. The van der Waals surface area contributed by atoms with Gasteiger partial charge in [-0.15, -0.1) is 11.3 Å². The zero-order valence-electron chi connectivity index (χ0n) is 19.6. The van der Waals surface area contributed by atoms with Gasteiger partial charge in [0.1, 0.15) is 11.7 Å². The third-order valence-electron chi connectivity index (χ3n) is 5.22. The number of aromatic nitrogens is 3. The van der Waals surface area contributed by atoms with Crippen molar-refractivity contribution >= 4 is 46.2 Å². The predicted molar refractivity (Wildman–Crippen MR) is 131 cm³/mol. The molecule has 0 spiro atoms. The fourth-order valence-corrected chi connectivity index (χ4v) is 4.57. The molecule has 12 heteroatoms. The lowest BCUT2D eigenvalue weighted by molar-refractivity contribution is -0.146. The van der Waals surface area contributed by atoms with E-state index >= 15 is 0 Å². The van der Waals surface area contributed by atoms with Crippen LogP contribution in [0.5, 0.6) is 0 Å². The Morgan fingerprint density at radius 3 is 2.69 bits per heavy atom. The summed E-state index contributed by atoms with van der Waals surface area (Å²) in [5.74, 6) is -1.38. The molecular weight excluding hydrogens is 474 g/mol. The summed E-state index contributed by atoms with van der Waals surface area (Å²) in [6, 6.07) is 2.62. The van der Waals surface area contributed by atoms with Gasteiger partial charge in [0.05, 0.1) is 23.5 Å². The third-order valence-corrected chi connectivity index (χ3v) is 6.36. The molecule has 0 fully saturated rings. The van der Waals surface area contributed by atoms with Gasteiger partial charge >= 0.3 is 11.9 Å². The molecule has 3 rings (SSSR count). The molecule has 0 aliphatic rings. The van der Waals surface area contributed by atoms with Crippen LogP contribution in [-0.2, 0) is 31.9 Å². The van der Waals surface area contributed by atoms with E-state index in [1.807, 2.05) is 6.07 Å². The summed E-state index contributed by atoms with van der Waals surface area (Å²) >= 11 is 1.33. The molecule has 0 saturated heterocycles. The molecule has 0 aromatic carbocycles. The highest BCUT2D eigenvalue weighted by atomic mass is 32.1. The van der Waals surface area contributed by atoms with Crippen LogP contribution in [0.2, 0.25) is 0 Å². The lowest BCUT2D eigenvalue weighted by atomic mass is 10.1. The molecule has 3 aromatic rings. The second kappa shape index (κ2) is 12.2. The summed E-state index contributed by atoms with van der Waals surface area (Å²) in [4.78, 5) is 59.9. The minimum Gasteiger partial charge on any atom is -0.466 e. The number of carbonyl (C=O) groups excluding carboxylic acids is 3. The maximum absolute atomic E-state index is 12.7. The Labute approximate surface area is 205 Å². The third kappa shape index (κ3) is 6.92. The predicted octanol–water partition coefficient (Wildman–Crippen LogP) is 2.07. The highest BCUT2D eigenvalue weighted by molar-refractivity contribution is 7.14. The maximum atomic E-state index is 12.7. The van der Waals surface area contributed by atoms with E-state index in [9.17, 15) is 19.2 Å². The second-order valence-corrected chi connectivity index (χ2v) is 8.90. The van der Waals surface area contributed by atoms with Crippen molar-refractivity contribution in [2.24, 2.45) is 0 Å². The van der Waals surface area contributed by atoms with Crippen LogP contribution < -0.4 is 16.6 Å². The molecule has 11 nitrogen and oxygen atoms in total. The number of hydrogen-bond acceptors (Lipinski definition) is 9. The van der Waals surface area contributed by atoms with E-state index in [1.165, 1.54) is 11.3 Å². The summed E-state index contributed by atoms with van der Waals surface area (Å²) in [5.41, 5.74) is 6.60. The van der Waals surface area contributed by atoms with Crippen LogP contribution in [0.4, 0.5) is 5.95 Å². The SMILES string of the molecule is CCOC(=O)CC[C@H](NC(=O)c1ccc(CCCc2c[nH]c3nc(N)[nH]c(=O)c23)s1)C(=O)OCC. The van der Waals surface area contributed by atoms with Crippen molar-refractivity contribution in [3.63, 3.8) is 0 Å². The number of ether oxygens (including phenoxy) is 2. The quantitative estimate of drug-likeness (QED) is 0.272. The number of nitrogens with one attached hydrogen (secondary N) is 3. The van der Waals surface area contributed by atoms with E-state index in [-0.39, 0.29) is 37.6 Å². The highest BCUT2D eigenvalue weighted by Crippen LogP contribution is 2.21. The lowest BCUT2D eigenvalue weighted by Gasteiger charge is -2.16. The Hall–Kier alpha value is -3.67. The van der Waals surface area contributed by atoms with Crippen molar-refractivity contribution in [1.29, 1.82) is 0 Å². The standard InChI is InChI=1S/C23H29N5O6S/c1-3-33-17(29)11-9-15(22(32)34-4-2)26-20(30)16-10-8-14(35-16)7-5-6-13-12-25-19-18(13)21(31)28-23(24)27-19/h8,10,12,15H,3-7,9,11H2,1-2H3,(H,26,30)(H4,24,25,27,28,31)/t15-/m0/s1. The molecule has 188 valence electrons. The van der Waals surface area contributed by atoms with Crippen LogP contribution in [0.15, 0.2) is 23.1 Å². The first kappa shape index (κ1) is 25.9. The molecule has 1 atom stereocenters. The van der Waals surface area contributed by atoms with Gasteiger partial charge in [0.2, 0.25) is 5.95 Å². The number of H-pyrrole nitrogens is 2. The second-order valence-electron chi connectivity index (χ2n) is 7.73. The molecule has 1 amide bonds. The summed E-state index contributed by atoms with van der Waals surface area (Å²) in [6.45, 7) is 3.78. The van der Waals surface area contributed by atoms with E-state index in [4.69, 9.17) is 15.2 Å². The van der Waals surface area contributed by atoms with Gasteiger partial charge in [0.15, 0.2) is 0 Å². The van der Waals surface area contributed by atoms with Gasteiger partial charge in [-0.05, 0) is 57.2 Å². The largest absolute Gasteiger partial charge is 0.466 e. The van der Waals surface area contributed by atoms with Gasteiger partial charge in [-0.3, -0.25) is 19.4 Å². The molecule has 5 N–H and O–H groups in total. The van der Waals surface area contributed by atoms with E-state index in [0.717, 1.165) is 16.9 Å². The monoisotopic (exact) mass is 503 g/mol. The molecule has 0 unspecified atom stereocenters. The highest BCUT2D eigenvalue weighted by Gasteiger charge is 2.24. The van der Waals surface area contributed by atoms with Crippen molar-refractivity contribution < 1.29 is 23.9 Å². The number of nitrogens with two attached hydrogens (primary N) is 1. The number of amides is 1. The number of aryl methyl sites for hydroxylation is 2. The van der Waals surface area contributed by atoms with Crippen LogP contribution in [0.3, 0.4) is 0 Å². The number of thiophene rings is 1. The summed E-state index contributed by atoms with van der Waals surface area (Å²) in [5, 5.41) is 3.17. The fourth-order valence-electron chi connectivity index (χ4n) is 3.62. The number of carbonyl (C=O) groups is 3. The van der Waals surface area contributed by atoms with Gasteiger partial charge < -0.3 is 25.5 Å². The van der Waals surface area contributed by atoms with Crippen molar-refractivity contribution in [2.75, 3.05) is 18.9 Å². The van der Waals surface area contributed by atoms with Crippen molar-refractivity contribution in [1.82, 2.24) is 20.3 Å². The average molecular weight is 504 g/mol. The zero-order valence-corrected chi connectivity index (χ0v) is 20.5. The minimum absolute atomic E-state index is 0.00786. The fraction of sp³-hybridized carbons (Fsp3) is 0.435. The molecule has 0 bridgehead atoms. The van der Waals surface area contributed by atoms with E-state index in [1.54, 1.807) is 26.1 Å².